The molecule has 0 bridgehead atoms. The molecule has 1 aliphatic heterocycles. The molecule has 0 saturated carbocycles. The van der Waals surface area contributed by atoms with Crippen molar-refractivity contribution in [3.63, 3.8) is 0 Å². The van der Waals surface area contributed by atoms with E-state index in [0.29, 0.717) is 0 Å². The maximum Gasteiger partial charge on any atom is 0.0930 e. The Labute approximate surface area is 108 Å². The Hall–Kier alpha value is -1.46. The summed E-state index contributed by atoms with van der Waals surface area (Å²) in [6, 6.07) is 7.96. The Bertz CT molecular complexity index is 509. The summed E-state index contributed by atoms with van der Waals surface area (Å²) in [5.41, 5.74) is 3.14. The third-order valence-corrected chi connectivity index (χ3v) is 3.43. The second kappa shape index (κ2) is 4.43. The number of nitrogens with zero attached hydrogens (tertiary/aromatic N) is 2. The van der Waals surface area contributed by atoms with E-state index in [1.807, 2.05) is 25.2 Å². The summed E-state index contributed by atoms with van der Waals surface area (Å²) in [5, 5.41) is 9.57. The van der Waals surface area contributed by atoms with Crippen molar-refractivity contribution < 1.29 is 0 Å². The van der Waals surface area contributed by atoms with Gasteiger partial charge in [-0.25, -0.2) is 0 Å². The molecule has 3 heteroatoms. The van der Waals surface area contributed by atoms with Crippen LogP contribution < -0.4 is 4.90 Å². The lowest BCUT2D eigenvalue weighted by molar-refractivity contribution is 0.640. The number of rotatable bonds is 0. The minimum absolute atomic E-state index is 0. The number of benzene rings is 1. The van der Waals surface area contributed by atoms with E-state index in [1.54, 1.807) is 6.08 Å². The first-order valence-corrected chi connectivity index (χ1v) is 5.50. The molecule has 0 aliphatic carbocycles. The lowest BCUT2D eigenvalue weighted by Gasteiger charge is -2.22. The highest BCUT2D eigenvalue weighted by atomic mass is 35.5. The van der Waals surface area contributed by atoms with Crippen LogP contribution >= 0.6 is 11.6 Å². The van der Waals surface area contributed by atoms with E-state index < -0.39 is 0 Å². The topological polar surface area (TPSA) is 27.0 Å². The summed E-state index contributed by atoms with van der Waals surface area (Å²) >= 11 is 6.02. The molecular formula is C14H17ClN2. The predicted octanol–water partition coefficient (Wildman–Crippen LogP) is 4.11. The quantitative estimate of drug-likeness (QED) is 0.646. The van der Waals surface area contributed by atoms with Gasteiger partial charge in [0.25, 0.3) is 0 Å². The monoisotopic (exact) mass is 248 g/mol. The number of hydrogen-bond acceptors (Lipinski definition) is 2. The molecule has 1 aromatic carbocycles. The van der Waals surface area contributed by atoms with Crippen LogP contribution in [0.4, 0.5) is 5.69 Å². The predicted molar refractivity (Wildman–Crippen MR) is 73.3 cm³/mol. The fraction of sp³-hybridized carbons (Fsp3) is 0.357. The first-order chi connectivity index (χ1) is 7.48. The number of likely N-dealkylation sites (N-methyl/N-ethyl adjacent to an activating group) is 1. The summed E-state index contributed by atoms with van der Waals surface area (Å²) < 4.78 is 0. The van der Waals surface area contributed by atoms with Gasteiger partial charge in [-0.05, 0) is 23.8 Å². The Balaban J connectivity index is 0.00000144. The van der Waals surface area contributed by atoms with Crippen molar-refractivity contribution in [3.05, 3.63) is 40.6 Å². The average Bonchev–Trinajstić information content (AvgIpc) is 2.40. The standard InChI is InChI=1S/C13H13ClN2.CH4/c1-13(2)10-8-9(14)4-5-11(10)16(3)12(13)6-7-15;/h4-6,8H,1-3H3;1H4/b12-6+;. The van der Waals surface area contributed by atoms with Crippen LogP contribution in [0.15, 0.2) is 30.0 Å². The molecular weight excluding hydrogens is 232 g/mol. The number of nitriles is 1. The van der Waals surface area contributed by atoms with Gasteiger partial charge in [0.2, 0.25) is 0 Å². The van der Waals surface area contributed by atoms with Crippen molar-refractivity contribution in [2.24, 2.45) is 0 Å². The number of hydrogen-bond donors (Lipinski definition) is 0. The molecule has 1 heterocycles. The second-order valence-corrected chi connectivity index (χ2v) is 4.94. The average molecular weight is 249 g/mol. The van der Waals surface area contributed by atoms with Gasteiger partial charge in [0.1, 0.15) is 0 Å². The first-order valence-electron chi connectivity index (χ1n) is 5.12. The molecule has 0 atom stereocenters. The van der Waals surface area contributed by atoms with Crippen LogP contribution in [-0.2, 0) is 5.41 Å². The van der Waals surface area contributed by atoms with Crippen molar-refractivity contribution in [2.75, 3.05) is 11.9 Å². The van der Waals surface area contributed by atoms with Crippen molar-refractivity contribution in [1.29, 1.82) is 5.26 Å². The van der Waals surface area contributed by atoms with E-state index >= 15 is 0 Å². The fourth-order valence-corrected chi connectivity index (χ4v) is 2.50. The molecule has 1 aromatic rings. The summed E-state index contributed by atoms with van der Waals surface area (Å²) in [7, 11) is 1.98. The molecule has 0 radical (unpaired) electrons. The Morgan fingerprint density at radius 3 is 2.65 bits per heavy atom. The molecule has 0 spiro atoms. The van der Waals surface area contributed by atoms with Gasteiger partial charge in [-0.15, -0.1) is 0 Å². The maximum atomic E-state index is 8.83. The maximum absolute atomic E-state index is 8.83. The Morgan fingerprint density at radius 2 is 2.06 bits per heavy atom. The van der Waals surface area contributed by atoms with E-state index in [9.17, 15) is 0 Å². The second-order valence-electron chi connectivity index (χ2n) is 4.50. The zero-order valence-electron chi connectivity index (χ0n) is 9.58. The molecule has 0 saturated heterocycles. The van der Waals surface area contributed by atoms with Crippen molar-refractivity contribution in [1.82, 2.24) is 0 Å². The van der Waals surface area contributed by atoms with E-state index in [1.165, 1.54) is 5.56 Å². The lowest BCUT2D eigenvalue weighted by Crippen LogP contribution is -2.22. The van der Waals surface area contributed by atoms with E-state index in [2.05, 4.69) is 24.8 Å². The molecule has 2 nitrogen and oxygen atoms in total. The van der Waals surface area contributed by atoms with Crippen LogP contribution in [0.3, 0.4) is 0 Å². The molecule has 2 rings (SSSR count). The minimum Gasteiger partial charge on any atom is -0.346 e. The largest absolute Gasteiger partial charge is 0.346 e. The van der Waals surface area contributed by atoms with Gasteiger partial charge in [0, 0.05) is 34.9 Å². The molecule has 90 valence electrons. The van der Waals surface area contributed by atoms with Gasteiger partial charge in [-0.2, -0.15) is 5.26 Å². The zero-order valence-corrected chi connectivity index (χ0v) is 10.3. The van der Waals surface area contributed by atoms with Crippen LogP contribution in [-0.4, -0.2) is 7.05 Å². The van der Waals surface area contributed by atoms with Gasteiger partial charge in [0.05, 0.1) is 6.07 Å². The normalized spacial score (nSPS) is 18.5. The highest BCUT2D eigenvalue weighted by molar-refractivity contribution is 6.30. The van der Waals surface area contributed by atoms with Crippen LogP contribution in [0.5, 0.6) is 0 Å². The number of halogens is 1. The highest BCUT2D eigenvalue weighted by Crippen LogP contribution is 2.47. The zero-order chi connectivity index (χ0) is 11.9. The Kier molecular flexibility index (Phi) is 3.54. The highest BCUT2D eigenvalue weighted by Gasteiger charge is 2.38. The fourth-order valence-electron chi connectivity index (χ4n) is 2.33. The number of fused-ring (bicyclic) bond motifs is 1. The van der Waals surface area contributed by atoms with Crippen LogP contribution in [0.1, 0.15) is 26.8 Å². The van der Waals surface area contributed by atoms with E-state index in [-0.39, 0.29) is 12.8 Å². The van der Waals surface area contributed by atoms with E-state index in [4.69, 9.17) is 16.9 Å². The van der Waals surface area contributed by atoms with Gasteiger partial charge in [-0.1, -0.05) is 32.9 Å². The van der Waals surface area contributed by atoms with Crippen LogP contribution in [0.25, 0.3) is 0 Å². The van der Waals surface area contributed by atoms with Gasteiger partial charge in [-0.3, -0.25) is 0 Å². The summed E-state index contributed by atoms with van der Waals surface area (Å²) in [4.78, 5) is 2.05. The van der Waals surface area contributed by atoms with E-state index in [0.717, 1.165) is 16.4 Å². The third kappa shape index (κ3) is 1.92. The van der Waals surface area contributed by atoms with Crippen LogP contribution in [0.2, 0.25) is 5.02 Å². The molecule has 17 heavy (non-hydrogen) atoms. The summed E-state index contributed by atoms with van der Waals surface area (Å²) in [6.45, 7) is 4.21. The smallest absolute Gasteiger partial charge is 0.0930 e. The van der Waals surface area contributed by atoms with Gasteiger partial charge in [0.15, 0.2) is 0 Å². The van der Waals surface area contributed by atoms with Gasteiger partial charge < -0.3 is 4.90 Å². The van der Waals surface area contributed by atoms with Crippen molar-refractivity contribution in [3.8, 4) is 6.07 Å². The van der Waals surface area contributed by atoms with Crippen molar-refractivity contribution >= 4 is 17.3 Å². The molecule has 0 fully saturated rings. The molecule has 0 unspecified atom stereocenters. The SMILES string of the molecule is C.CN1/C(=C/C#N)C(C)(C)c2cc(Cl)ccc21. The first kappa shape index (κ1) is 13.6. The Morgan fingerprint density at radius 1 is 1.41 bits per heavy atom. The van der Waals surface area contributed by atoms with Gasteiger partial charge >= 0.3 is 0 Å². The molecule has 0 aromatic heterocycles. The molecule has 0 amide bonds. The minimum atomic E-state index is -0.162. The third-order valence-electron chi connectivity index (χ3n) is 3.20. The van der Waals surface area contributed by atoms with Crippen LogP contribution in [0, 0.1) is 11.3 Å². The molecule has 0 N–H and O–H groups in total. The summed E-state index contributed by atoms with van der Waals surface area (Å²) in [6.07, 6.45) is 1.61. The number of anilines is 1. The summed E-state index contributed by atoms with van der Waals surface area (Å²) in [5.74, 6) is 0. The van der Waals surface area contributed by atoms with Crippen molar-refractivity contribution in [2.45, 2.75) is 26.7 Å². The lowest BCUT2D eigenvalue weighted by atomic mass is 9.84. The molecule has 1 aliphatic rings. The number of allylic oxidation sites excluding steroid dienone is 2.